The van der Waals surface area contributed by atoms with E-state index in [1.165, 1.54) is 19.5 Å². The molecule has 1 aliphatic heterocycles. The number of amides is 1. The van der Waals surface area contributed by atoms with Crippen LogP contribution in [0.2, 0.25) is 5.02 Å². The Morgan fingerprint density at radius 2 is 1.85 bits per heavy atom. The molecule has 1 fully saturated rings. The van der Waals surface area contributed by atoms with Gasteiger partial charge in [0.1, 0.15) is 0 Å². The van der Waals surface area contributed by atoms with Crippen LogP contribution in [0.15, 0.2) is 24.3 Å². The van der Waals surface area contributed by atoms with Gasteiger partial charge < -0.3 is 10.2 Å². The number of anilines is 1. The van der Waals surface area contributed by atoms with Gasteiger partial charge in [0.25, 0.3) is 0 Å². The first-order chi connectivity index (χ1) is 9.52. The Labute approximate surface area is 126 Å². The lowest BCUT2D eigenvalue weighted by atomic mass is 9.92. The van der Waals surface area contributed by atoms with Gasteiger partial charge in [-0.2, -0.15) is 0 Å². The second kappa shape index (κ2) is 7.09. The van der Waals surface area contributed by atoms with Crippen molar-refractivity contribution < 1.29 is 9.69 Å². The highest BCUT2D eigenvalue weighted by atomic mass is 35.5. The second-order valence-corrected chi connectivity index (χ2v) is 6.60. The van der Waals surface area contributed by atoms with Crippen molar-refractivity contribution in [2.75, 3.05) is 25.0 Å². The standard InChI is InChI=1S/C16H23ClN2O/c1-12-9-13(2)11-19(10-12)8-7-16(20)18-15-5-3-14(17)4-6-15/h3-6,12-13H,7-11H2,1-2H3,(H,18,20)/p+1. The van der Waals surface area contributed by atoms with Gasteiger partial charge in [0.2, 0.25) is 5.91 Å². The highest BCUT2D eigenvalue weighted by molar-refractivity contribution is 6.30. The molecule has 20 heavy (non-hydrogen) atoms. The fourth-order valence-electron chi connectivity index (χ4n) is 3.17. The number of carbonyl (C=O) groups is 1. The van der Waals surface area contributed by atoms with Gasteiger partial charge in [-0.3, -0.25) is 4.79 Å². The Kier molecular flexibility index (Phi) is 5.44. The highest BCUT2D eigenvalue weighted by Crippen LogP contribution is 2.14. The minimum atomic E-state index is 0.0886. The van der Waals surface area contributed by atoms with Crippen LogP contribution >= 0.6 is 11.6 Å². The molecular weight excluding hydrogens is 272 g/mol. The molecule has 3 nitrogen and oxygen atoms in total. The number of piperidine rings is 1. The Hall–Kier alpha value is -1.06. The maximum Gasteiger partial charge on any atom is 0.230 e. The fraction of sp³-hybridized carbons (Fsp3) is 0.562. The summed E-state index contributed by atoms with van der Waals surface area (Å²) < 4.78 is 0. The van der Waals surface area contributed by atoms with E-state index in [1.807, 2.05) is 12.1 Å². The van der Waals surface area contributed by atoms with Crippen LogP contribution in [-0.2, 0) is 4.79 Å². The van der Waals surface area contributed by atoms with E-state index in [0.717, 1.165) is 24.1 Å². The van der Waals surface area contributed by atoms with Crippen LogP contribution in [-0.4, -0.2) is 25.5 Å². The number of carbonyl (C=O) groups excluding carboxylic acids is 1. The molecule has 2 unspecified atom stereocenters. The SMILES string of the molecule is CC1CC(C)C[NH+](CCC(=O)Nc2ccc(Cl)cc2)C1. The molecule has 2 rings (SSSR count). The molecule has 1 heterocycles. The first-order valence-electron chi connectivity index (χ1n) is 7.42. The summed E-state index contributed by atoms with van der Waals surface area (Å²) >= 11 is 5.82. The smallest absolute Gasteiger partial charge is 0.230 e. The van der Waals surface area contributed by atoms with Gasteiger partial charge in [-0.1, -0.05) is 25.4 Å². The maximum atomic E-state index is 11.9. The maximum absolute atomic E-state index is 11.9. The number of nitrogens with one attached hydrogen (secondary N) is 2. The van der Waals surface area contributed by atoms with Crippen LogP contribution in [0.25, 0.3) is 0 Å². The van der Waals surface area contributed by atoms with Crippen molar-refractivity contribution in [2.24, 2.45) is 11.8 Å². The second-order valence-electron chi connectivity index (χ2n) is 6.16. The molecule has 1 aliphatic rings. The number of likely N-dealkylation sites (tertiary alicyclic amines) is 1. The lowest BCUT2D eigenvalue weighted by Crippen LogP contribution is -3.14. The zero-order chi connectivity index (χ0) is 14.5. The number of benzene rings is 1. The van der Waals surface area contributed by atoms with Crippen LogP contribution in [0, 0.1) is 11.8 Å². The van der Waals surface area contributed by atoms with Crippen molar-refractivity contribution >= 4 is 23.2 Å². The third kappa shape index (κ3) is 4.80. The van der Waals surface area contributed by atoms with E-state index >= 15 is 0 Å². The van der Waals surface area contributed by atoms with Crippen molar-refractivity contribution in [3.63, 3.8) is 0 Å². The lowest BCUT2D eigenvalue weighted by Gasteiger charge is -2.31. The van der Waals surface area contributed by atoms with Gasteiger partial charge in [0.05, 0.1) is 26.1 Å². The average Bonchev–Trinajstić information content (AvgIpc) is 2.38. The Bertz CT molecular complexity index is 436. The number of hydrogen-bond acceptors (Lipinski definition) is 1. The molecule has 0 saturated carbocycles. The minimum Gasteiger partial charge on any atom is -0.334 e. The summed E-state index contributed by atoms with van der Waals surface area (Å²) in [6, 6.07) is 7.24. The van der Waals surface area contributed by atoms with Crippen molar-refractivity contribution in [1.29, 1.82) is 0 Å². The van der Waals surface area contributed by atoms with E-state index in [4.69, 9.17) is 11.6 Å². The summed E-state index contributed by atoms with van der Waals surface area (Å²) in [6.45, 7) is 7.93. The third-order valence-electron chi connectivity index (χ3n) is 3.91. The topological polar surface area (TPSA) is 33.5 Å². The summed E-state index contributed by atoms with van der Waals surface area (Å²) in [5.41, 5.74) is 0.815. The minimum absolute atomic E-state index is 0.0886. The molecule has 1 aromatic rings. The summed E-state index contributed by atoms with van der Waals surface area (Å²) in [5, 5.41) is 3.60. The molecule has 1 amide bonds. The molecule has 0 aromatic heterocycles. The zero-order valence-electron chi connectivity index (χ0n) is 12.3. The molecular formula is C16H24ClN2O+. The molecule has 4 heteroatoms. The van der Waals surface area contributed by atoms with E-state index in [1.54, 1.807) is 17.0 Å². The fourth-order valence-corrected chi connectivity index (χ4v) is 3.30. The van der Waals surface area contributed by atoms with Crippen molar-refractivity contribution in [1.82, 2.24) is 0 Å². The molecule has 1 aromatic carbocycles. The summed E-state index contributed by atoms with van der Waals surface area (Å²) in [6.07, 6.45) is 1.90. The number of halogens is 1. The lowest BCUT2D eigenvalue weighted by molar-refractivity contribution is -0.911. The average molecular weight is 296 g/mol. The summed E-state index contributed by atoms with van der Waals surface area (Å²) in [4.78, 5) is 13.5. The molecule has 2 N–H and O–H groups in total. The predicted octanol–water partition coefficient (Wildman–Crippen LogP) is 2.23. The Balaban J connectivity index is 1.76. The third-order valence-corrected chi connectivity index (χ3v) is 4.16. The van der Waals surface area contributed by atoms with Crippen molar-refractivity contribution in [3.8, 4) is 0 Å². The van der Waals surface area contributed by atoms with Gasteiger partial charge in [-0.25, -0.2) is 0 Å². The summed E-state index contributed by atoms with van der Waals surface area (Å²) in [5.74, 6) is 1.63. The number of rotatable bonds is 4. The monoisotopic (exact) mass is 295 g/mol. The Morgan fingerprint density at radius 1 is 1.25 bits per heavy atom. The van der Waals surface area contributed by atoms with Crippen molar-refractivity contribution in [2.45, 2.75) is 26.7 Å². The van der Waals surface area contributed by atoms with Gasteiger partial charge in [-0.15, -0.1) is 0 Å². The predicted molar refractivity (Wildman–Crippen MR) is 83.2 cm³/mol. The molecule has 0 spiro atoms. The molecule has 1 saturated heterocycles. The molecule has 0 bridgehead atoms. The number of quaternary nitrogens is 1. The quantitative estimate of drug-likeness (QED) is 0.877. The first-order valence-corrected chi connectivity index (χ1v) is 7.79. The largest absolute Gasteiger partial charge is 0.334 e. The zero-order valence-corrected chi connectivity index (χ0v) is 13.0. The highest BCUT2D eigenvalue weighted by Gasteiger charge is 2.25. The van der Waals surface area contributed by atoms with Gasteiger partial charge in [0, 0.05) is 22.5 Å². The molecule has 0 radical (unpaired) electrons. The van der Waals surface area contributed by atoms with Crippen LogP contribution in [0.4, 0.5) is 5.69 Å². The van der Waals surface area contributed by atoms with E-state index in [-0.39, 0.29) is 5.91 Å². The van der Waals surface area contributed by atoms with Gasteiger partial charge >= 0.3 is 0 Å². The van der Waals surface area contributed by atoms with E-state index in [0.29, 0.717) is 11.4 Å². The van der Waals surface area contributed by atoms with Crippen LogP contribution in [0.3, 0.4) is 0 Å². The Morgan fingerprint density at radius 3 is 2.45 bits per heavy atom. The summed E-state index contributed by atoms with van der Waals surface area (Å²) in [7, 11) is 0. The first kappa shape index (κ1) is 15.3. The molecule has 110 valence electrons. The van der Waals surface area contributed by atoms with Gasteiger partial charge in [-0.05, 0) is 30.7 Å². The number of hydrogen-bond donors (Lipinski definition) is 2. The van der Waals surface area contributed by atoms with Gasteiger partial charge in [0.15, 0.2) is 0 Å². The van der Waals surface area contributed by atoms with E-state index in [2.05, 4.69) is 19.2 Å². The van der Waals surface area contributed by atoms with Crippen molar-refractivity contribution in [3.05, 3.63) is 29.3 Å². The molecule has 2 atom stereocenters. The van der Waals surface area contributed by atoms with Crippen LogP contribution < -0.4 is 10.2 Å². The molecule has 0 aliphatic carbocycles. The van der Waals surface area contributed by atoms with E-state index < -0.39 is 0 Å². The van der Waals surface area contributed by atoms with E-state index in [9.17, 15) is 4.79 Å². The van der Waals surface area contributed by atoms with Crippen LogP contribution in [0.1, 0.15) is 26.7 Å². The van der Waals surface area contributed by atoms with Crippen LogP contribution in [0.5, 0.6) is 0 Å². The normalized spacial score (nSPS) is 26.2.